The molecule has 0 aromatic heterocycles. The largest absolute Gasteiger partial charge is 0.336 e. The average molecular weight is 346 g/mol. The molecule has 1 fully saturated rings. The monoisotopic (exact) mass is 344 g/mol. The number of carbonyl (C=O) groups is 1. The Morgan fingerprint density at radius 3 is 2.42 bits per heavy atom. The third-order valence-corrected chi connectivity index (χ3v) is 4.71. The van der Waals surface area contributed by atoms with E-state index in [-0.39, 0.29) is 5.91 Å². The van der Waals surface area contributed by atoms with Gasteiger partial charge in [0, 0.05) is 42.3 Å². The summed E-state index contributed by atoms with van der Waals surface area (Å²) in [6, 6.07) is 5.87. The van der Waals surface area contributed by atoms with Crippen molar-refractivity contribution in [3.05, 3.63) is 33.3 Å². The summed E-state index contributed by atoms with van der Waals surface area (Å²) < 4.78 is 0.765. The highest BCUT2D eigenvalue weighted by Crippen LogP contribution is 2.24. The Balaban J connectivity index is 2.03. The van der Waals surface area contributed by atoms with Crippen LogP contribution in [0.25, 0.3) is 0 Å². The van der Waals surface area contributed by atoms with Gasteiger partial charge in [0.15, 0.2) is 0 Å². The highest BCUT2D eigenvalue weighted by Gasteiger charge is 2.23. The highest BCUT2D eigenvalue weighted by atomic mass is 79.9. The van der Waals surface area contributed by atoms with Gasteiger partial charge < -0.3 is 4.90 Å². The fourth-order valence-electron chi connectivity index (χ4n) is 2.25. The molecule has 19 heavy (non-hydrogen) atoms. The standard InChI is InChI=1S/C14H18BrClN2O/c1-10(2)17-5-7-18(8-6-17)14(19)11-3-4-13(16)12(15)9-11/h3-4,9-10H,5-8H2,1-2H3. The van der Waals surface area contributed by atoms with Crippen molar-refractivity contribution in [3.63, 3.8) is 0 Å². The third kappa shape index (κ3) is 3.50. The maximum Gasteiger partial charge on any atom is 0.253 e. The summed E-state index contributed by atoms with van der Waals surface area (Å²) in [6.45, 7) is 7.84. The number of nitrogens with zero attached hydrogens (tertiary/aromatic N) is 2. The molecule has 5 heteroatoms. The lowest BCUT2D eigenvalue weighted by molar-refractivity contribution is 0.0595. The third-order valence-electron chi connectivity index (χ3n) is 3.50. The van der Waals surface area contributed by atoms with Crippen LogP contribution in [0.4, 0.5) is 0 Å². The van der Waals surface area contributed by atoms with E-state index >= 15 is 0 Å². The minimum atomic E-state index is 0.0840. The van der Waals surface area contributed by atoms with Crippen molar-refractivity contribution >= 4 is 33.4 Å². The van der Waals surface area contributed by atoms with Crippen LogP contribution < -0.4 is 0 Å². The fourth-order valence-corrected chi connectivity index (χ4v) is 2.75. The van der Waals surface area contributed by atoms with Gasteiger partial charge in [-0.2, -0.15) is 0 Å². The molecule has 0 aliphatic carbocycles. The lowest BCUT2D eigenvalue weighted by Crippen LogP contribution is -2.50. The van der Waals surface area contributed by atoms with E-state index in [0.29, 0.717) is 16.6 Å². The molecule has 104 valence electrons. The molecule has 1 aliphatic heterocycles. The highest BCUT2D eigenvalue weighted by molar-refractivity contribution is 9.10. The predicted molar refractivity (Wildman–Crippen MR) is 81.8 cm³/mol. The number of amides is 1. The second kappa shape index (κ2) is 6.25. The van der Waals surface area contributed by atoms with Crippen molar-refractivity contribution in [3.8, 4) is 0 Å². The van der Waals surface area contributed by atoms with Crippen molar-refractivity contribution in [2.75, 3.05) is 26.2 Å². The maximum absolute atomic E-state index is 12.4. The first-order chi connectivity index (χ1) is 8.99. The van der Waals surface area contributed by atoms with E-state index < -0.39 is 0 Å². The summed E-state index contributed by atoms with van der Waals surface area (Å²) in [5.41, 5.74) is 0.689. The molecule has 3 nitrogen and oxygen atoms in total. The van der Waals surface area contributed by atoms with Gasteiger partial charge in [-0.1, -0.05) is 11.6 Å². The van der Waals surface area contributed by atoms with Crippen LogP contribution in [0.3, 0.4) is 0 Å². The summed E-state index contributed by atoms with van der Waals surface area (Å²) in [6.07, 6.45) is 0. The molecule has 0 spiro atoms. The Labute approximate surface area is 127 Å². The predicted octanol–water partition coefficient (Wildman–Crippen LogP) is 3.27. The van der Waals surface area contributed by atoms with Gasteiger partial charge in [-0.25, -0.2) is 0 Å². The number of halogens is 2. The van der Waals surface area contributed by atoms with Gasteiger partial charge in [-0.3, -0.25) is 9.69 Å². The number of rotatable bonds is 2. The second-order valence-electron chi connectivity index (χ2n) is 5.05. The van der Waals surface area contributed by atoms with Crippen LogP contribution in [0, 0.1) is 0 Å². The van der Waals surface area contributed by atoms with Crippen molar-refractivity contribution in [1.29, 1.82) is 0 Å². The van der Waals surface area contributed by atoms with Crippen LogP contribution in [0.1, 0.15) is 24.2 Å². The molecule has 1 saturated heterocycles. The van der Waals surface area contributed by atoms with Gasteiger partial charge in [-0.15, -0.1) is 0 Å². The number of piperazine rings is 1. The molecule has 0 N–H and O–H groups in total. The first-order valence-electron chi connectivity index (χ1n) is 6.47. The van der Waals surface area contributed by atoms with Crippen LogP contribution in [0.5, 0.6) is 0 Å². The van der Waals surface area contributed by atoms with Crippen LogP contribution in [0.2, 0.25) is 5.02 Å². The molecular weight excluding hydrogens is 328 g/mol. The van der Waals surface area contributed by atoms with Crippen LogP contribution >= 0.6 is 27.5 Å². The molecule has 0 atom stereocenters. The number of benzene rings is 1. The van der Waals surface area contributed by atoms with E-state index in [0.717, 1.165) is 30.7 Å². The minimum absolute atomic E-state index is 0.0840. The zero-order valence-electron chi connectivity index (χ0n) is 11.2. The second-order valence-corrected chi connectivity index (χ2v) is 6.31. The van der Waals surface area contributed by atoms with Crippen LogP contribution in [0.15, 0.2) is 22.7 Å². The van der Waals surface area contributed by atoms with Crippen molar-refractivity contribution in [2.45, 2.75) is 19.9 Å². The van der Waals surface area contributed by atoms with Gasteiger partial charge in [0.25, 0.3) is 5.91 Å². The van der Waals surface area contributed by atoms with Gasteiger partial charge >= 0.3 is 0 Å². The Morgan fingerprint density at radius 2 is 1.89 bits per heavy atom. The lowest BCUT2D eigenvalue weighted by atomic mass is 10.1. The molecule has 1 aromatic carbocycles. The van der Waals surface area contributed by atoms with Gasteiger partial charge in [0.2, 0.25) is 0 Å². The first kappa shape index (κ1) is 14.8. The minimum Gasteiger partial charge on any atom is -0.336 e. The van der Waals surface area contributed by atoms with Crippen LogP contribution in [-0.2, 0) is 0 Å². The van der Waals surface area contributed by atoms with Gasteiger partial charge in [0.05, 0.1) is 5.02 Å². The summed E-state index contributed by atoms with van der Waals surface area (Å²) >= 11 is 9.30. The molecule has 1 amide bonds. The van der Waals surface area contributed by atoms with E-state index in [9.17, 15) is 4.79 Å². The molecule has 1 aromatic rings. The van der Waals surface area contributed by atoms with Gasteiger partial charge in [0.1, 0.15) is 0 Å². The lowest BCUT2D eigenvalue weighted by Gasteiger charge is -2.37. The van der Waals surface area contributed by atoms with Crippen LogP contribution in [-0.4, -0.2) is 47.9 Å². The number of hydrogen-bond acceptors (Lipinski definition) is 2. The quantitative estimate of drug-likeness (QED) is 0.821. The summed E-state index contributed by atoms with van der Waals surface area (Å²) in [5.74, 6) is 0.0840. The molecule has 0 bridgehead atoms. The molecule has 0 radical (unpaired) electrons. The molecule has 1 aliphatic rings. The first-order valence-corrected chi connectivity index (χ1v) is 7.64. The van der Waals surface area contributed by atoms with E-state index in [2.05, 4.69) is 34.7 Å². The Bertz CT molecular complexity index is 471. The Morgan fingerprint density at radius 1 is 1.26 bits per heavy atom. The molecule has 0 saturated carbocycles. The van der Waals surface area contributed by atoms with Gasteiger partial charge in [-0.05, 0) is 48.0 Å². The van der Waals surface area contributed by atoms with Crippen molar-refractivity contribution in [1.82, 2.24) is 9.80 Å². The molecule has 1 heterocycles. The Kier molecular flexibility index (Phi) is 4.87. The number of carbonyl (C=O) groups excluding carboxylic acids is 1. The normalized spacial score (nSPS) is 17.0. The van der Waals surface area contributed by atoms with E-state index in [1.54, 1.807) is 18.2 Å². The van der Waals surface area contributed by atoms with E-state index in [4.69, 9.17) is 11.6 Å². The topological polar surface area (TPSA) is 23.6 Å². The molecule has 0 unspecified atom stereocenters. The average Bonchev–Trinajstić information content (AvgIpc) is 2.41. The smallest absolute Gasteiger partial charge is 0.253 e. The van der Waals surface area contributed by atoms with Crippen molar-refractivity contribution < 1.29 is 4.79 Å². The van der Waals surface area contributed by atoms with Crippen molar-refractivity contribution in [2.24, 2.45) is 0 Å². The maximum atomic E-state index is 12.4. The number of hydrogen-bond donors (Lipinski definition) is 0. The molecular formula is C14H18BrClN2O. The summed E-state index contributed by atoms with van der Waals surface area (Å²) in [5, 5.41) is 0.626. The fraction of sp³-hybridized carbons (Fsp3) is 0.500. The Hall–Kier alpha value is -0.580. The van der Waals surface area contributed by atoms with E-state index in [1.165, 1.54) is 0 Å². The summed E-state index contributed by atoms with van der Waals surface area (Å²) in [4.78, 5) is 16.7. The zero-order chi connectivity index (χ0) is 14.0. The van der Waals surface area contributed by atoms with E-state index in [1.807, 2.05) is 4.90 Å². The zero-order valence-corrected chi connectivity index (χ0v) is 13.5. The SMILES string of the molecule is CC(C)N1CCN(C(=O)c2ccc(Cl)c(Br)c2)CC1. The molecule has 2 rings (SSSR count). The summed E-state index contributed by atoms with van der Waals surface area (Å²) in [7, 11) is 0.